The third kappa shape index (κ3) is 2.80. The van der Waals surface area contributed by atoms with Gasteiger partial charge in [-0.1, -0.05) is 19.3 Å². The highest BCUT2D eigenvalue weighted by Crippen LogP contribution is 2.30. The lowest BCUT2D eigenvalue weighted by atomic mass is 9.94. The normalized spacial score (nSPS) is 16.0. The van der Waals surface area contributed by atoms with Crippen molar-refractivity contribution in [3.63, 3.8) is 0 Å². The molecule has 2 aromatic heterocycles. The van der Waals surface area contributed by atoms with E-state index in [1.54, 1.807) is 10.9 Å². The Morgan fingerprint density at radius 2 is 2.09 bits per heavy atom. The molecule has 3 rings (SSSR count). The third-order valence-electron chi connectivity index (χ3n) is 4.89. The van der Waals surface area contributed by atoms with E-state index in [2.05, 4.69) is 4.98 Å². The van der Waals surface area contributed by atoms with Crippen molar-refractivity contribution in [2.45, 2.75) is 58.5 Å². The maximum absolute atomic E-state index is 12.9. The van der Waals surface area contributed by atoms with Crippen LogP contribution in [-0.2, 0) is 6.54 Å². The van der Waals surface area contributed by atoms with Gasteiger partial charge < -0.3 is 4.90 Å². The molecule has 0 unspecified atom stereocenters. The highest BCUT2D eigenvalue weighted by molar-refractivity contribution is 7.20. The first-order valence-electron chi connectivity index (χ1n) is 8.30. The van der Waals surface area contributed by atoms with E-state index in [1.807, 2.05) is 25.8 Å². The van der Waals surface area contributed by atoms with E-state index in [0.29, 0.717) is 27.7 Å². The summed E-state index contributed by atoms with van der Waals surface area (Å²) in [6, 6.07) is 0.320. The minimum atomic E-state index is -0.0504. The standard InChI is InChI=1S/C17H23N3O2S/c1-4-20-10-18-15-13(16(20)21)11(2)14(23-15)17(22)19(3)12-8-6-5-7-9-12/h10,12H,4-9H2,1-3H3. The molecule has 1 aliphatic carbocycles. The zero-order valence-corrected chi connectivity index (χ0v) is 14.8. The van der Waals surface area contributed by atoms with Gasteiger partial charge in [0.2, 0.25) is 0 Å². The van der Waals surface area contributed by atoms with E-state index in [0.717, 1.165) is 18.4 Å². The number of carbonyl (C=O) groups excluding carboxylic acids is 1. The number of thiophene rings is 1. The molecule has 0 aliphatic heterocycles. The summed E-state index contributed by atoms with van der Waals surface area (Å²) in [6.45, 7) is 4.37. The zero-order chi connectivity index (χ0) is 16.6. The molecular weight excluding hydrogens is 310 g/mol. The summed E-state index contributed by atoms with van der Waals surface area (Å²) in [5, 5.41) is 0.597. The average molecular weight is 333 g/mol. The van der Waals surface area contributed by atoms with Gasteiger partial charge in [0.1, 0.15) is 4.83 Å². The SMILES string of the molecule is CCn1cnc2sc(C(=O)N(C)C3CCCCC3)c(C)c2c1=O. The minimum absolute atomic E-state index is 0.0276. The number of hydrogen-bond acceptors (Lipinski definition) is 4. The van der Waals surface area contributed by atoms with E-state index in [9.17, 15) is 9.59 Å². The summed E-state index contributed by atoms with van der Waals surface area (Å²) in [6.07, 6.45) is 7.37. The van der Waals surface area contributed by atoms with E-state index < -0.39 is 0 Å². The molecule has 124 valence electrons. The molecule has 6 heteroatoms. The Balaban J connectivity index is 1.99. The van der Waals surface area contributed by atoms with Crippen LogP contribution in [0.3, 0.4) is 0 Å². The summed E-state index contributed by atoms with van der Waals surface area (Å²) in [7, 11) is 1.89. The zero-order valence-electron chi connectivity index (χ0n) is 14.0. The summed E-state index contributed by atoms with van der Waals surface area (Å²) >= 11 is 1.34. The van der Waals surface area contributed by atoms with Gasteiger partial charge in [-0.15, -0.1) is 11.3 Å². The summed E-state index contributed by atoms with van der Waals surface area (Å²) < 4.78 is 1.58. The lowest BCUT2D eigenvalue weighted by Crippen LogP contribution is -2.38. The fraction of sp³-hybridized carbons (Fsp3) is 0.588. The number of rotatable bonds is 3. The number of aryl methyl sites for hydroxylation is 2. The quantitative estimate of drug-likeness (QED) is 0.867. The van der Waals surface area contributed by atoms with Crippen LogP contribution in [0, 0.1) is 6.92 Å². The first-order chi connectivity index (χ1) is 11.0. The number of nitrogens with zero attached hydrogens (tertiary/aromatic N) is 3. The fourth-order valence-corrected chi connectivity index (χ4v) is 4.50. The summed E-state index contributed by atoms with van der Waals surface area (Å²) in [5.74, 6) is 0.0276. The van der Waals surface area contributed by atoms with Crippen LogP contribution in [0.2, 0.25) is 0 Å². The molecule has 1 amide bonds. The predicted octanol–water partition coefficient (Wildman–Crippen LogP) is 3.19. The van der Waals surface area contributed by atoms with Crippen molar-refractivity contribution in [1.82, 2.24) is 14.5 Å². The van der Waals surface area contributed by atoms with Crippen molar-refractivity contribution >= 4 is 27.5 Å². The van der Waals surface area contributed by atoms with Crippen molar-refractivity contribution in [2.75, 3.05) is 7.05 Å². The third-order valence-corrected chi connectivity index (χ3v) is 6.08. The van der Waals surface area contributed by atoms with Gasteiger partial charge >= 0.3 is 0 Å². The largest absolute Gasteiger partial charge is 0.338 e. The molecule has 0 atom stereocenters. The van der Waals surface area contributed by atoms with Gasteiger partial charge in [0.05, 0.1) is 16.6 Å². The number of hydrogen-bond donors (Lipinski definition) is 0. The van der Waals surface area contributed by atoms with Crippen LogP contribution >= 0.6 is 11.3 Å². The second-order valence-corrected chi connectivity index (χ2v) is 7.28. The molecule has 1 aliphatic rings. The molecule has 0 bridgehead atoms. The van der Waals surface area contributed by atoms with E-state index in [-0.39, 0.29) is 11.5 Å². The van der Waals surface area contributed by atoms with Crippen LogP contribution in [0.4, 0.5) is 0 Å². The molecule has 0 N–H and O–H groups in total. The van der Waals surface area contributed by atoms with E-state index in [1.165, 1.54) is 30.6 Å². The number of carbonyl (C=O) groups is 1. The first-order valence-corrected chi connectivity index (χ1v) is 9.12. The Labute approximate surface area is 139 Å². The highest BCUT2D eigenvalue weighted by Gasteiger charge is 2.27. The number of aromatic nitrogens is 2. The lowest BCUT2D eigenvalue weighted by molar-refractivity contribution is 0.0700. The molecule has 0 radical (unpaired) electrons. The maximum Gasteiger partial charge on any atom is 0.264 e. The maximum atomic E-state index is 12.9. The molecule has 5 nitrogen and oxygen atoms in total. The molecular formula is C17H23N3O2S. The van der Waals surface area contributed by atoms with Crippen LogP contribution in [0.5, 0.6) is 0 Å². The van der Waals surface area contributed by atoms with Gasteiger partial charge in [-0.05, 0) is 32.3 Å². The van der Waals surface area contributed by atoms with Gasteiger partial charge in [-0.25, -0.2) is 4.98 Å². The minimum Gasteiger partial charge on any atom is -0.338 e. The Morgan fingerprint density at radius 3 is 2.74 bits per heavy atom. The van der Waals surface area contributed by atoms with Crippen molar-refractivity contribution < 1.29 is 4.79 Å². The second-order valence-electron chi connectivity index (χ2n) is 6.28. The second kappa shape index (κ2) is 6.43. The molecule has 2 aromatic rings. The van der Waals surface area contributed by atoms with Gasteiger partial charge in [0, 0.05) is 19.6 Å². The summed E-state index contributed by atoms with van der Waals surface area (Å²) in [4.78, 5) is 32.9. The predicted molar refractivity (Wildman–Crippen MR) is 93.3 cm³/mol. The lowest BCUT2D eigenvalue weighted by Gasteiger charge is -2.31. The molecule has 0 spiro atoms. The molecule has 0 aromatic carbocycles. The highest BCUT2D eigenvalue weighted by atomic mass is 32.1. The van der Waals surface area contributed by atoms with Gasteiger partial charge in [0.25, 0.3) is 11.5 Å². The van der Waals surface area contributed by atoms with Crippen LogP contribution in [0.15, 0.2) is 11.1 Å². The van der Waals surface area contributed by atoms with Crippen LogP contribution in [0.1, 0.15) is 54.3 Å². The van der Waals surface area contributed by atoms with Crippen LogP contribution in [0.25, 0.3) is 10.2 Å². The molecule has 0 saturated heterocycles. The molecule has 1 saturated carbocycles. The fourth-order valence-electron chi connectivity index (χ4n) is 3.38. The Hall–Kier alpha value is -1.69. The van der Waals surface area contributed by atoms with Crippen molar-refractivity contribution in [3.05, 3.63) is 27.1 Å². The van der Waals surface area contributed by atoms with Crippen LogP contribution in [-0.4, -0.2) is 33.4 Å². The Morgan fingerprint density at radius 1 is 1.39 bits per heavy atom. The summed E-state index contributed by atoms with van der Waals surface area (Å²) in [5.41, 5.74) is 0.726. The average Bonchev–Trinajstić information content (AvgIpc) is 2.92. The van der Waals surface area contributed by atoms with Gasteiger partial charge in [0.15, 0.2) is 0 Å². The number of amides is 1. The van der Waals surface area contributed by atoms with Crippen LogP contribution < -0.4 is 5.56 Å². The molecule has 2 heterocycles. The first kappa shape index (κ1) is 16.2. The number of fused-ring (bicyclic) bond motifs is 1. The van der Waals surface area contributed by atoms with Gasteiger partial charge in [-0.3, -0.25) is 14.2 Å². The van der Waals surface area contributed by atoms with Crippen molar-refractivity contribution in [1.29, 1.82) is 0 Å². The van der Waals surface area contributed by atoms with Crippen molar-refractivity contribution in [3.8, 4) is 0 Å². The van der Waals surface area contributed by atoms with Gasteiger partial charge in [-0.2, -0.15) is 0 Å². The molecule has 1 fully saturated rings. The van der Waals surface area contributed by atoms with E-state index in [4.69, 9.17) is 0 Å². The molecule has 23 heavy (non-hydrogen) atoms. The van der Waals surface area contributed by atoms with E-state index >= 15 is 0 Å². The smallest absolute Gasteiger partial charge is 0.264 e. The Kier molecular flexibility index (Phi) is 4.53. The topological polar surface area (TPSA) is 55.2 Å². The Bertz CT molecular complexity index is 787. The van der Waals surface area contributed by atoms with Crippen molar-refractivity contribution in [2.24, 2.45) is 0 Å². The monoisotopic (exact) mass is 333 g/mol.